The number of hydrogen-bond donors (Lipinski definition) is 0. The van der Waals surface area contributed by atoms with Gasteiger partial charge in [0.15, 0.2) is 0 Å². The molecule has 5 rings (SSSR count). The molecule has 3 aromatic carbocycles. The van der Waals surface area contributed by atoms with Crippen LogP contribution in [0.25, 0.3) is 5.57 Å². The molecule has 0 unspecified atom stereocenters. The van der Waals surface area contributed by atoms with Crippen molar-refractivity contribution in [3.05, 3.63) is 108 Å². The van der Waals surface area contributed by atoms with E-state index in [-0.39, 0.29) is 24.2 Å². The van der Waals surface area contributed by atoms with Crippen LogP contribution in [0, 0.1) is 5.82 Å². The first-order valence-electron chi connectivity index (χ1n) is 11.1. The summed E-state index contributed by atoms with van der Waals surface area (Å²) in [4.78, 5) is 32.6. The van der Waals surface area contributed by atoms with Crippen molar-refractivity contribution in [2.75, 3.05) is 31.1 Å². The zero-order valence-corrected chi connectivity index (χ0v) is 18.2. The number of benzene rings is 3. The quantitative estimate of drug-likeness (QED) is 0.563. The summed E-state index contributed by atoms with van der Waals surface area (Å²) in [7, 11) is 0. The van der Waals surface area contributed by atoms with Crippen LogP contribution >= 0.6 is 0 Å². The molecule has 1 saturated heterocycles. The van der Waals surface area contributed by atoms with Crippen molar-refractivity contribution in [3.63, 3.8) is 0 Å². The number of para-hydroxylation sites is 1. The van der Waals surface area contributed by atoms with Crippen LogP contribution in [0.4, 0.5) is 10.1 Å². The molecule has 0 bridgehead atoms. The molecule has 33 heavy (non-hydrogen) atoms. The Hall–Kier alpha value is -3.93. The number of anilines is 1. The molecule has 5 nitrogen and oxygen atoms in total. The smallest absolute Gasteiger partial charge is 0.278 e. The summed E-state index contributed by atoms with van der Waals surface area (Å²) in [6, 6.07) is 25.4. The van der Waals surface area contributed by atoms with Crippen LogP contribution < -0.4 is 4.90 Å². The zero-order chi connectivity index (χ0) is 22.8. The van der Waals surface area contributed by atoms with Crippen molar-refractivity contribution >= 4 is 23.1 Å². The van der Waals surface area contributed by atoms with Crippen LogP contribution in [0.1, 0.15) is 11.1 Å². The van der Waals surface area contributed by atoms with Crippen molar-refractivity contribution in [2.45, 2.75) is 6.54 Å². The van der Waals surface area contributed by atoms with E-state index >= 15 is 0 Å². The van der Waals surface area contributed by atoms with E-state index in [2.05, 4.69) is 17.0 Å². The van der Waals surface area contributed by atoms with Crippen LogP contribution in [0.3, 0.4) is 0 Å². The number of piperazine rings is 1. The van der Waals surface area contributed by atoms with Crippen molar-refractivity contribution in [1.82, 2.24) is 9.80 Å². The number of hydrogen-bond acceptors (Lipinski definition) is 4. The number of rotatable bonds is 5. The second-order valence-corrected chi connectivity index (χ2v) is 8.22. The molecule has 0 N–H and O–H groups in total. The summed E-state index contributed by atoms with van der Waals surface area (Å²) in [6.45, 7) is 2.92. The summed E-state index contributed by atoms with van der Waals surface area (Å²) in [5.74, 6) is -0.953. The lowest BCUT2D eigenvalue weighted by molar-refractivity contribution is -0.138. The van der Waals surface area contributed by atoms with Crippen molar-refractivity contribution in [2.24, 2.45) is 0 Å². The van der Waals surface area contributed by atoms with Crippen LogP contribution in [-0.4, -0.2) is 47.8 Å². The molecule has 0 atom stereocenters. The highest BCUT2D eigenvalue weighted by molar-refractivity contribution is 6.35. The number of halogens is 1. The lowest BCUT2D eigenvalue weighted by Crippen LogP contribution is -2.47. The van der Waals surface area contributed by atoms with E-state index in [0.717, 1.165) is 24.3 Å². The van der Waals surface area contributed by atoms with Gasteiger partial charge in [-0.15, -0.1) is 0 Å². The van der Waals surface area contributed by atoms with Crippen LogP contribution in [0.15, 0.2) is 90.6 Å². The summed E-state index contributed by atoms with van der Waals surface area (Å²) in [5.41, 5.74) is 3.50. The first-order chi connectivity index (χ1) is 16.1. The van der Waals surface area contributed by atoms with Gasteiger partial charge in [-0.1, -0.05) is 60.7 Å². The first kappa shape index (κ1) is 20.9. The molecule has 0 spiro atoms. The Balaban J connectivity index is 1.43. The predicted molar refractivity (Wildman–Crippen MR) is 126 cm³/mol. The third-order valence-electron chi connectivity index (χ3n) is 6.18. The Bertz CT molecular complexity index is 1190. The minimum Gasteiger partial charge on any atom is -0.368 e. The van der Waals surface area contributed by atoms with Gasteiger partial charge in [-0.05, 0) is 35.4 Å². The number of nitrogens with zero attached hydrogens (tertiary/aromatic N) is 3. The molecule has 0 aliphatic carbocycles. The van der Waals surface area contributed by atoms with E-state index in [1.165, 1.54) is 17.0 Å². The minimum atomic E-state index is -0.349. The third kappa shape index (κ3) is 4.12. The second-order valence-electron chi connectivity index (χ2n) is 8.22. The molecule has 0 radical (unpaired) electrons. The van der Waals surface area contributed by atoms with Gasteiger partial charge in [0.1, 0.15) is 11.5 Å². The number of carbonyl (C=O) groups excluding carboxylic acids is 2. The Morgan fingerprint density at radius 2 is 1.24 bits per heavy atom. The molecule has 1 fully saturated rings. The van der Waals surface area contributed by atoms with E-state index in [9.17, 15) is 14.0 Å². The molecule has 2 heterocycles. The highest BCUT2D eigenvalue weighted by atomic mass is 19.1. The predicted octanol–water partition coefficient (Wildman–Crippen LogP) is 3.93. The van der Waals surface area contributed by atoms with E-state index < -0.39 is 0 Å². The van der Waals surface area contributed by atoms with Gasteiger partial charge in [-0.3, -0.25) is 14.5 Å². The largest absolute Gasteiger partial charge is 0.368 e. The second kappa shape index (κ2) is 8.90. The van der Waals surface area contributed by atoms with Gasteiger partial charge in [0.2, 0.25) is 0 Å². The molecular weight excluding hydrogens is 417 g/mol. The topological polar surface area (TPSA) is 43.9 Å². The van der Waals surface area contributed by atoms with Gasteiger partial charge in [0.05, 0.1) is 12.1 Å². The fourth-order valence-corrected chi connectivity index (χ4v) is 4.46. The maximum Gasteiger partial charge on any atom is 0.278 e. The molecule has 2 aliphatic heterocycles. The average Bonchev–Trinajstić information content (AvgIpc) is 3.11. The summed E-state index contributed by atoms with van der Waals surface area (Å²) < 4.78 is 13.3. The molecule has 2 aliphatic rings. The van der Waals surface area contributed by atoms with Crippen molar-refractivity contribution < 1.29 is 14.0 Å². The highest BCUT2D eigenvalue weighted by Crippen LogP contribution is 2.33. The fourth-order valence-electron chi connectivity index (χ4n) is 4.46. The molecule has 6 heteroatoms. The molecule has 0 saturated carbocycles. The van der Waals surface area contributed by atoms with E-state index in [1.807, 2.05) is 53.4 Å². The minimum absolute atomic E-state index is 0.113. The average molecular weight is 442 g/mol. The standard InChI is InChI=1S/C27H24FN3O2/c28-22-13-11-20(12-14-22)19-31-26(32)24(21-7-3-1-4-8-21)25(27(31)33)30-17-15-29(16-18-30)23-9-5-2-6-10-23/h1-14H,15-19H2. The monoisotopic (exact) mass is 441 g/mol. The number of carbonyl (C=O) groups is 2. The Labute approximate surface area is 192 Å². The molecule has 0 aromatic heterocycles. The maximum atomic E-state index is 13.5. The van der Waals surface area contributed by atoms with Crippen molar-refractivity contribution in [3.8, 4) is 0 Å². The maximum absolute atomic E-state index is 13.5. The molecule has 2 amide bonds. The summed E-state index contributed by atoms with van der Waals surface area (Å²) in [5, 5.41) is 0. The molecular formula is C27H24FN3O2. The van der Waals surface area contributed by atoms with Gasteiger partial charge in [-0.25, -0.2) is 4.39 Å². The van der Waals surface area contributed by atoms with Gasteiger partial charge < -0.3 is 9.80 Å². The van der Waals surface area contributed by atoms with Crippen LogP contribution in [-0.2, 0) is 16.1 Å². The highest BCUT2D eigenvalue weighted by Gasteiger charge is 2.42. The van der Waals surface area contributed by atoms with Gasteiger partial charge in [-0.2, -0.15) is 0 Å². The van der Waals surface area contributed by atoms with Gasteiger partial charge in [0.25, 0.3) is 11.8 Å². The van der Waals surface area contributed by atoms with E-state index in [1.54, 1.807) is 12.1 Å². The Kier molecular flexibility index (Phi) is 5.65. The van der Waals surface area contributed by atoms with Crippen LogP contribution in [0.5, 0.6) is 0 Å². The summed E-state index contributed by atoms with van der Waals surface area (Å²) in [6.07, 6.45) is 0. The SMILES string of the molecule is O=C1C(c2ccccc2)=C(N2CCN(c3ccccc3)CC2)C(=O)N1Cc1ccc(F)cc1. The number of amides is 2. The van der Waals surface area contributed by atoms with E-state index in [4.69, 9.17) is 0 Å². The lowest BCUT2D eigenvalue weighted by Gasteiger charge is -2.37. The molecule has 166 valence electrons. The molecule has 3 aromatic rings. The third-order valence-corrected chi connectivity index (χ3v) is 6.18. The Morgan fingerprint density at radius 1 is 0.667 bits per heavy atom. The fraction of sp³-hybridized carbons (Fsp3) is 0.185. The van der Waals surface area contributed by atoms with E-state index in [0.29, 0.717) is 29.9 Å². The lowest BCUT2D eigenvalue weighted by atomic mass is 10.0. The zero-order valence-electron chi connectivity index (χ0n) is 18.2. The Morgan fingerprint density at radius 3 is 1.88 bits per heavy atom. The van der Waals surface area contributed by atoms with Crippen LogP contribution in [0.2, 0.25) is 0 Å². The summed E-state index contributed by atoms with van der Waals surface area (Å²) >= 11 is 0. The van der Waals surface area contributed by atoms with Gasteiger partial charge in [0, 0.05) is 31.9 Å². The van der Waals surface area contributed by atoms with Gasteiger partial charge >= 0.3 is 0 Å². The normalized spacial score (nSPS) is 16.7. The number of imide groups is 1. The first-order valence-corrected chi connectivity index (χ1v) is 11.1. The van der Waals surface area contributed by atoms with Crippen molar-refractivity contribution in [1.29, 1.82) is 0 Å².